The molecule has 94 valence electrons. The Balaban J connectivity index is 2.02. The summed E-state index contributed by atoms with van der Waals surface area (Å²) in [7, 11) is 0. The minimum Gasteiger partial charge on any atom is -0.508 e. The highest BCUT2D eigenvalue weighted by Gasteiger charge is 2.26. The van der Waals surface area contributed by atoms with Crippen LogP contribution in [0.5, 0.6) is 5.75 Å². The number of benzene rings is 2. The molecular weight excluding hydrogens is 236 g/mol. The smallest absolute Gasteiger partial charge is 0.189 e. The zero-order valence-electron chi connectivity index (χ0n) is 10.7. The molecule has 19 heavy (non-hydrogen) atoms. The van der Waals surface area contributed by atoms with Crippen LogP contribution in [0, 0.1) is 6.92 Å². The number of rotatable bonds is 1. The van der Waals surface area contributed by atoms with E-state index < -0.39 is 0 Å². The maximum atomic E-state index is 12.3. The first-order valence-electron chi connectivity index (χ1n) is 6.28. The molecule has 0 atom stereocenters. The molecule has 0 unspecified atom stereocenters. The van der Waals surface area contributed by atoms with Gasteiger partial charge >= 0.3 is 0 Å². The molecule has 0 bridgehead atoms. The number of hydrogen-bond acceptors (Lipinski definition) is 2. The molecule has 0 aromatic heterocycles. The molecule has 1 aliphatic carbocycles. The molecule has 0 radical (unpaired) electrons. The lowest BCUT2D eigenvalue weighted by Crippen LogP contribution is -1.95. The molecule has 0 saturated carbocycles. The van der Waals surface area contributed by atoms with Crippen LogP contribution in [-0.4, -0.2) is 10.9 Å². The fourth-order valence-electron chi connectivity index (χ4n) is 2.49. The molecule has 0 fully saturated rings. The van der Waals surface area contributed by atoms with Gasteiger partial charge in [-0.25, -0.2) is 0 Å². The van der Waals surface area contributed by atoms with Gasteiger partial charge in [-0.15, -0.1) is 0 Å². The summed E-state index contributed by atoms with van der Waals surface area (Å²) in [5.41, 5.74) is 4.29. The monoisotopic (exact) mass is 250 g/mol. The van der Waals surface area contributed by atoms with Crippen molar-refractivity contribution in [1.82, 2.24) is 0 Å². The topological polar surface area (TPSA) is 37.3 Å². The Kier molecular flexibility index (Phi) is 2.71. The summed E-state index contributed by atoms with van der Waals surface area (Å²) in [4.78, 5) is 12.3. The second-order valence-electron chi connectivity index (χ2n) is 4.89. The fourth-order valence-corrected chi connectivity index (χ4v) is 2.49. The van der Waals surface area contributed by atoms with Gasteiger partial charge in [0.05, 0.1) is 0 Å². The van der Waals surface area contributed by atoms with Crippen LogP contribution in [0.25, 0.3) is 6.08 Å². The molecular formula is C17H14O2. The molecule has 2 aromatic rings. The summed E-state index contributed by atoms with van der Waals surface area (Å²) >= 11 is 0. The molecule has 3 rings (SSSR count). The highest BCUT2D eigenvalue weighted by molar-refractivity contribution is 6.16. The number of ketones is 1. The zero-order chi connectivity index (χ0) is 13.4. The lowest BCUT2D eigenvalue weighted by Gasteiger charge is -1.98. The van der Waals surface area contributed by atoms with E-state index in [2.05, 4.69) is 0 Å². The molecule has 1 N–H and O–H groups in total. The third kappa shape index (κ3) is 2.06. The minimum absolute atomic E-state index is 0.0207. The maximum Gasteiger partial charge on any atom is 0.189 e. The fraction of sp³-hybridized carbons (Fsp3) is 0.118. The predicted octanol–water partition coefficient (Wildman–Crippen LogP) is 3.52. The van der Waals surface area contributed by atoms with Crippen molar-refractivity contribution in [3.63, 3.8) is 0 Å². The molecule has 2 nitrogen and oxygen atoms in total. The van der Waals surface area contributed by atoms with Gasteiger partial charge in [-0.2, -0.15) is 0 Å². The Morgan fingerprint density at radius 3 is 2.68 bits per heavy atom. The van der Waals surface area contributed by atoms with Crippen molar-refractivity contribution < 1.29 is 9.90 Å². The van der Waals surface area contributed by atoms with Gasteiger partial charge in [0.1, 0.15) is 5.75 Å². The molecule has 0 aliphatic heterocycles. The predicted molar refractivity (Wildman–Crippen MR) is 75.3 cm³/mol. The average molecular weight is 250 g/mol. The molecule has 0 amide bonds. The van der Waals surface area contributed by atoms with Crippen LogP contribution in [0.15, 0.2) is 48.0 Å². The van der Waals surface area contributed by atoms with E-state index >= 15 is 0 Å². The summed E-state index contributed by atoms with van der Waals surface area (Å²) in [5, 5.41) is 9.80. The number of aromatic hydroxyl groups is 1. The van der Waals surface area contributed by atoms with E-state index in [1.165, 1.54) is 5.56 Å². The van der Waals surface area contributed by atoms with Crippen molar-refractivity contribution in [2.24, 2.45) is 0 Å². The van der Waals surface area contributed by atoms with Gasteiger partial charge in [0.15, 0.2) is 5.78 Å². The van der Waals surface area contributed by atoms with Crippen molar-refractivity contribution in [2.75, 3.05) is 0 Å². The van der Waals surface area contributed by atoms with E-state index in [1.54, 1.807) is 18.2 Å². The summed E-state index contributed by atoms with van der Waals surface area (Å²) < 4.78 is 0. The normalized spacial score (nSPS) is 15.8. The first kappa shape index (κ1) is 11.7. The van der Waals surface area contributed by atoms with Crippen LogP contribution in [-0.2, 0) is 6.42 Å². The van der Waals surface area contributed by atoms with Crippen molar-refractivity contribution in [3.8, 4) is 5.75 Å². The quantitative estimate of drug-likeness (QED) is 0.786. The van der Waals surface area contributed by atoms with Gasteiger partial charge in [0.25, 0.3) is 0 Å². The number of phenols is 1. The molecule has 0 heterocycles. The Hall–Kier alpha value is -2.35. The van der Waals surface area contributed by atoms with Crippen LogP contribution < -0.4 is 0 Å². The Morgan fingerprint density at radius 2 is 1.95 bits per heavy atom. The number of fused-ring (bicyclic) bond motifs is 1. The molecule has 0 spiro atoms. The van der Waals surface area contributed by atoms with Gasteiger partial charge in [-0.1, -0.05) is 42.0 Å². The maximum absolute atomic E-state index is 12.3. The number of allylic oxidation sites excluding steroid dienone is 1. The average Bonchev–Trinajstić information content (AvgIpc) is 2.69. The van der Waals surface area contributed by atoms with E-state index in [-0.39, 0.29) is 11.5 Å². The highest BCUT2D eigenvalue weighted by Crippen LogP contribution is 2.33. The van der Waals surface area contributed by atoms with E-state index in [0.29, 0.717) is 12.0 Å². The lowest BCUT2D eigenvalue weighted by atomic mass is 10.1. The van der Waals surface area contributed by atoms with Gasteiger partial charge in [0, 0.05) is 23.1 Å². The summed E-state index contributed by atoms with van der Waals surface area (Å²) in [5.74, 6) is 0.228. The first-order valence-corrected chi connectivity index (χ1v) is 6.28. The third-order valence-corrected chi connectivity index (χ3v) is 3.44. The minimum atomic E-state index is 0.0207. The third-order valence-electron chi connectivity index (χ3n) is 3.44. The molecule has 0 saturated heterocycles. The number of aryl methyl sites for hydroxylation is 1. The Morgan fingerprint density at radius 1 is 1.16 bits per heavy atom. The SMILES string of the molecule is Cc1cccc(/C=C2\Cc3c(O)cccc3C2=O)c1. The van der Waals surface area contributed by atoms with Crippen LogP contribution in [0.4, 0.5) is 0 Å². The lowest BCUT2D eigenvalue weighted by molar-refractivity contribution is 0.104. The van der Waals surface area contributed by atoms with Gasteiger partial charge in [0.2, 0.25) is 0 Å². The standard InChI is InChI=1S/C17H14O2/c1-11-4-2-5-12(8-11)9-13-10-15-14(17(13)19)6-3-7-16(15)18/h2-9,18H,10H2,1H3/b13-9+. The highest BCUT2D eigenvalue weighted by atomic mass is 16.3. The van der Waals surface area contributed by atoms with E-state index in [4.69, 9.17) is 0 Å². The number of carbonyl (C=O) groups is 1. The summed E-state index contributed by atoms with van der Waals surface area (Å²) in [6.07, 6.45) is 2.42. The molecule has 2 heteroatoms. The van der Waals surface area contributed by atoms with Gasteiger partial charge < -0.3 is 5.11 Å². The second kappa shape index (κ2) is 4.39. The largest absolute Gasteiger partial charge is 0.508 e. The summed E-state index contributed by atoms with van der Waals surface area (Å²) in [6.45, 7) is 2.03. The molecule has 1 aliphatic rings. The van der Waals surface area contributed by atoms with E-state index in [0.717, 1.165) is 16.7 Å². The van der Waals surface area contributed by atoms with E-state index in [9.17, 15) is 9.90 Å². The number of phenolic OH excluding ortho intramolecular Hbond substituents is 1. The van der Waals surface area contributed by atoms with Crippen LogP contribution in [0.2, 0.25) is 0 Å². The van der Waals surface area contributed by atoms with Crippen molar-refractivity contribution in [3.05, 3.63) is 70.3 Å². The number of Topliss-reactive ketones (excluding diaryl/α,β-unsaturated/α-hetero) is 1. The number of carbonyl (C=O) groups excluding carboxylic acids is 1. The zero-order valence-corrected chi connectivity index (χ0v) is 10.7. The van der Waals surface area contributed by atoms with E-state index in [1.807, 2.05) is 37.3 Å². The second-order valence-corrected chi connectivity index (χ2v) is 4.89. The Bertz CT molecular complexity index is 696. The number of hydrogen-bond donors (Lipinski definition) is 1. The summed E-state index contributed by atoms with van der Waals surface area (Å²) in [6, 6.07) is 13.1. The van der Waals surface area contributed by atoms with Gasteiger partial charge in [-0.05, 0) is 24.6 Å². The molecule has 2 aromatic carbocycles. The van der Waals surface area contributed by atoms with Crippen LogP contribution >= 0.6 is 0 Å². The van der Waals surface area contributed by atoms with Crippen molar-refractivity contribution in [2.45, 2.75) is 13.3 Å². The first-order chi connectivity index (χ1) is 9.15. The van der Waals surface area contributed by atoms with Crippen molar-refractivity contribution in [1.29, 1.82) is 0 Å². The van der Waals surface area contributed by atoms with Crippen LogP contribution in [0.1, 0.15) is 27.0 Å². The van der Waals surface area contributed by atoms with Crippen molar-refractivity contribution >= 4 is 11.9 Å². The Labute approximate surface area is 112 Å². The van der Waals surface area contributed by atoms with Gasteiger partial charge in [-0.3, -0.25) is 4.79 Å². The van der Waals surface area contributed by atoms with Crippen LogP contribution in [0.3, 0.4) is 0 Å².